The number of amides is 5. The van der Waals surface area contributed by atoms with E-state index < -0.39 is 60.4 Å². The fraction of sp³-hybridized carbons (Fsp3) is 0.651. The number of para-hydroxylation sites is 1. The van der Waals surface area contributed by atoms with E-state index in [4.69, 9.17) is 10.8 Å². The topological polar surface area (TPSA) is 286 Å². The Morgan fingerprint density at radius 3 is 2.05 bits per heavy atom. The summed E-state index contributed by atoms with van der Waals surface area (Å²) in [6.07, 6.45) is 2.73. The normalized spacial score (nSPS) is 21.2. The predicted octanol–water partition coefficient (Wildman–Crippen LogP) is 0.893. The summed E-state index contributed by atoms with van der Waals surface area (Å²) in [7, 11) is 0. The summed E-state index contributed by atoms with van der Waals surface area (Å²) in [4.78, 5) is 93.6. The highest BCUT2D eigenvalue weighted by atomic mass is 16.4. The maximum absolute atomic E-state index is 14.1. The van der Waals surface area contributed by atoms with Crippen molar-refractivity contribution < 1.29 is 43.8 Å². The van der Waals surface area contributed by atoms with Gasteiger partial charge in [0, 0.05) is 92.1 Å². The number of H-pyrrole nitrogens is 1. The van der Waals surface area contributed by atoms with Gasteiger partial charge in [-0.15, -0.1) is 0 Å². The van der Waals surface area contributed by atoms with Gasteiger partial charge in [-0.05, 0) is 68.7 Å². The van der Waals surface area contributed by atoms with E-state index in [2.05, 4.69) is 42.2 Å². The Bertz CT molecular complexity index is 1820. The van der Waals surface area contributed by atoms with E-state index in [-0.39, 0.29) is 92.5 Å². The Balaban J connectivity index is 1.41. The molecule has 3 heterocycles. The molecule has 2 aromatic rings. The van der Waals surface area contributed by atoms with Gasteiger partial charge in [0.15, 0.2) is 0 Å². The highest BCUT2D eigenvalue weighted by Crippen LogP contribution is 2.22. The summed E-state index contributed by atoms with van der Waals surface area (Å²) in [5.74, 6) is -5.03. The number of fused-ring (bicyclic) bond motifs is 1. The number of hydrogen-bond donors (Lipinski definition) is 11. The van der Waals surface area contributed by atoms with Crippen LogP contribution in [-0.4, -0.2) is 119 Å². The van der Waals surface area contributed by atoms with Gasteiger partial charge in [-0.2, -0.15) is 0 Å². The second-order valence-corrected chi connectivity index (χ2v) is 17.5. The first kappa shape index (κ1) is 48.6. The van der Waals surface area contributed by atoms with Crippen LogP contribution in [0.3, 0.4) is 0 Å². The lowest BCUT2D eigenvalue weighted by Gasteiger charge is -2.34. The minimum Gasteiger partial charge on any atom is -0.481 e. The summed E-state index contributed by atoms with van der Waals surface area (Å²) in [5, 5.41) is 40.7. The van der Waals surface area contributed by atoms with Crippen LogP contribution in [0.5, 0.6) is 0 Å². The molecule has 0 saturated carbocycles. The largest absolute Gasteiger partial charge is 0.481 e. The molecule has 61 heavy (non-hydrogen) atoms. The molecule has 0 spiro atoms. The summed E-state index contributed by atoms with van der Waals surface area (Å²) >= 11 is 0. The Hall–Kier alpha value is -5.07. The monoisotopic (exact) mass is 854 g/mol. The highest BCUT2D eigenvalue weighted by molar-refractivity contribution is 5.86. The quantitative estimate of drug-likeness (QED) is 0.0744. The van der Waals surface area contributed by atoms with Gasteiger partial charge in [0.25, 0.3) is 0 Å². The fourth-order valence-electron chi connectivity index (χ4n) is 8.24. The maximum Gasteiger partial charge on any atom is 0.305 e. The number of hydrogen-bond acceptors (Lipinski definition) is 10. The van der Waals surface area contributed by atoms with Gasteiger partial charge in [0.1, 0.15) is 0 Å². The van der Waals surface area contributed by atoms with Gasteiger partial charge in [0.05, 0.1) is 18.3 Å². The third-order valence-electron chi connectivity index (χ3n) is 11.5. The molecule has 2 saturated heterocycles. The molecule has 18 nitrogen and oxygen atoms in total. The molecule has 0 bridgehead atoms. The van der Waals surface area contributed by atoms with Crippen LogP contribution in [0.2, 0.25) is 0 Å². The van der Waals surface area contributed by atoms with E-state index in [1.165, 1.54) is 0 Å². The van der Waals surface area contributed by atoms with Crippen molar-refractivity contribution in [3.63, 3.8) is 0 Å². The van der Waals surface area contributed by atoms with Crippen LogP contribution >= 0.6 is 0 Å². The standard InChI is InChI=1S/C43H67N9O9/c1-24(2)15-28(49-42(60)31-22-45-13-11-33(31)44)17-38(54)52-36(25(3)4)20-39(55)51-35-12-14-46-23-32(35)43(61)50-29(16-26-21-47-34-8-6-5-7-30(26)34)18-37(53)48-27(19-41(58)59)9-10-40(56)57/h5-8,21,24-25,27-29,31-33,35-36,45-47H,9-20,22-23,44H2,1-4H3,(H,48,53)(H,49,60)(H,50,61)(H,51,55)(H,52,54)(H,56,57)(H,58,59)/t27-,28-,29-,31+,32+,33+,35+,36+/m0/s1. The molecule has 0 aliphatic carbocycles. The number of carbonyl (C=O) groups excluding carboxylic acids is 5. The zero-order chi connectivity index (χ0) is 44.6. The van der Waals surface area contributed by atoms with Gasteiger partial charge in [-0.25, -0.2) is 0 Å². The number of rotatable bonds is 23. The van der Waals surface area contributed by atoms with Gasteiger partial charge < -0.3 is 58.1 Å². The molecule has 0 radical (unpaired) electrons. The zero-order valence-electron chi connectivity index (χ0n) is 35.9. The molecule has 18 heteroatoms. The number of aromatic amines is 1. The van der Waals surface area contributed by atoms with Crippen molar-refractivity contribution in [3.05, 3.63) is 36.0 Å². The van der Waals surface area contributed by atoms with Gasteiger partial charge in [0.2, 0.25) is 29.5 Å². The summed E-state index contributed by atoms with van der Waals surface area (Å²) in [5.41, 5.74) is 7.95. The number of carboxylic acid groups (broad SMARTS) is 2. The number of aromatic nitrogens is 1. The summed E-state index contributed by atoms with van der Waals surface area (Å²) in [6, 6.07) is 4.19. The number of nitrogens with two attached hydrogens (primary N) is 1. The van der Waals surface area contributed by atoms with Crippen LogP contribution in [0.1, 0.15) is 91.0 Å². The van der Waals surface area contributed by atoms with Crippen LogP contribution in [-0.2, 0) is 40.0 Å². The number of carbonyl (C=O) groups is 7. The van der Waals surface area contributed by atoms with E-state index in [1.54, 1.807) is 0 Å². The van der Waals surface area contributed by atoms with E-state index in [0.29, 0.717) is 32.4 Å². The van der Waals surface area contributed by atoms with E-state index in [9.17, 15) is 38.7 Å². The Labute approximate surface area is 357 Å². The number of aliphatic carboxylic acids is 2. The number of nitrogens with one attached hydrogen (secondary N) is 8. The Kier molecular flexibility index (Phi) is 19.0. The molecular formula is C43H67N9O9. The first-order chi connectivity index (χ1) is 29.0. The smallest absolute Gasteiger partial charge is 0.305 e. The van der Waals surface area contributed by atoms with Crippen molar-refractivity contribution in [3.8, 4) is 0 Å². The molecule has 4 rings (SSSR count). The molecule has 5 amide bonds. The maximum atomic E-state index is 14.1. The Morgan fingerprint density at radius 2 is 1.38 bits per heavy atom. The molecule has 1 aromatic carbocycles. The average Bonchev–Trinajstić information content (AvgIpc) is 3.58. The molecule has 2 fully saturated rings. The minimum atomic E-state index is -1.19. The van der Waals surface area contributed by atoms with Crippen molar-refractivity contribution in [1.82, 2.24) is 42.2 Å². The predicted molar refractivity (Wildman–Crippen MR) is 229 cm³/mol. The third-order valence-corrected chi connectivity index (χ3v) is 11.5. The zero-order valence-corrected chi connectivity index (χ0v) is 35.9. The average molecular weight is 854 g/mol. The van der Waals surface area contributed by atoms with Crippen molar-refractivity contribution in [2.45, 2.75) is 128 Å². The minimum absolute atomic E-state index is 0.0335. The second-order valence-electron chi connectivity index (χ2n) is 17.5. The van der Waals surface area contributed by atoms with Crippen LogP contribution in [0.4, 0.5) is 0 Å². The molecule has 338 valence electrons. The van der Waals surface area contributed by atoms with Gasteiger partial charge in [-0.3, -0.25) is 33.6 Å². The van der Waals surface area contributed by atoms with Crippen LogP contribution in [0.15, 0.2) is 30.5 Å². The van der Waals surface area contributed by atoms with Gasteiger partial charge in [-0.1, -0.05) is 45.9 Å². The SMILES string of the molecule is CC(C)C[C@@H](CC(=O)N[C@H](CC(=O)N[C@@H]1CCNC[C@H]1C(=O)N[C@H](CC(=O)N[C@@H](CCC(=O)O)CC(=O)O)Cc1c[nH]c2ccccc12)C(C)C)NC(=O)[C@@H]1CNCC[C@H]1N. The van der Waals surface area contributed by atoms with Crippen molar-refractivity contribution in [2.24, 2.45) is 29.4 Å². The van der Waals surface area contributed by atoms with Crippen LogP contribution < -0.4 is 43.0 Å². The van der Waals surface area contributed by atoms with Crippen LogP contribution in [0.25, 0.3) is 10.9 Å². The summed E-state index contributed by atoms with van der Waals surface area (Å²) < 4.78 is 0. The molecule has 1 aromatic heterocycles. The highest BCUT2D eigenvalue weighted by Gasteiger charge is 2.35. The van der Waals surface area contributed by atoms with Crippen molar-refractivity contribution >= 4 is 52.4 Å². The van der Waals surface area contributed by atoms with Crippen molar-refractivity contribution in [1.29, 1.82) is 0 Å². The van der Waals surface area contributed by atoms with Gasteiger partial charge >= 0.3 is 11.9 Å². The molecule has 0 unspecified atom stereocenters. The third kappa shape index (κ3) is 16.0. The lowest BCUT2D eigenvalue weighted by molar-refractivity contribution is -0.140. The molecule has 2 aliphatic heterocycles. The molecule has 2 aliphatic rings. The van der Waals surface area contributed by atoms with Crippen LogP contribution in [0, 0.1) is 23.7 Å². The molecule has 12 N–H and O–H groups in total. The number of piperidine rings is 2. The number of carboxylic acids is 2. The first-order valence-corrected chi connectivity index (χ1v) is 21.6. The van der Waals surface area contributed by atoms with E-state index >= 15 is 0 Å². The lowest BCUT2D eigenvalue weighted by Crippen LogP contribution is -2.57. The number of benzene rings is 1. The van der Waals surface area contributed by atoms with Crippen molar-refractivity contribution in [2.75, 3.05) is 26.2 Å². The first-order valence-electron chi connectivity index (χ1n) is 21.6. The lowest BCUT2D eigenvalue weighted by atomic mass is 9.90. The second kappa shape index (κ2) is 23.8. The molecule has 8 atom stereocenters. The van der Waals surface area contributed by atoms with E-state index in [0.717, 1.165) is 23.0 Å². The summed E-state index contributed by atoms with van der Waals surface area (Å²) in [6.45, 7) is 9.90. The fourth-order valence-corrected chi connectivity index (χ4v) is 8.24. The Morgan fingerprint density at radius 1 is 0.738 bits per heavy atom. The van der Waals surface area contributed by atoms with E-state index in [1.807, 2.05) is 58.2 Å². The molecular weight excluding hydrogens is 787 g/mol.